The molecule has 0 amide bonds. The van der Waals surface area contributed by atoms with Gasteiger partial charge in [0.1, 0.15) is 0 Å². The Balaban J connectivity index is 0.00000361. The van der Waals surface area contributed by atoms with Gasteiger partial charge in [0.05, 0.1) is 13.7 Å². The standard InChI is InChI=1S/C14H22FN3O.HI/c1-5-16-14(18-10(2)3)17-9-11-6-7-13(19-4)12(15)8-11;/h6-8,10H,5,9H2,1-4H3,(H2,16,17,18);1H. The number of nitrogens with one attached hydrogen (secondary N) is 2. The van der Waals surface area contributed by atoms with E-state index in [1.807, 2.05) is 26.8 Å². The first-order valence-corrected chi connectivity index (χ1v) is 6.44. The van der Waals surface area contributed by atoms with Crippen molar-refractivity contribution >= 4 is 29.9 Å². The number of hydrogen-bond acceptors (Lipinski definition) is 2. The summed E-state index contributed by atoms with van der Waals surface area (Å²) in [7, 11) is 1.45. The summed E-state index contributed by atoms with van der Waals surface area (Å²) in [5.74, 6) is 0.616. The first kappa shape index (κ1) is 18.9. The van der Waals surface area contributed by atoms with Gasteiger partial charge in [-0.05, 0) is 38.5 Å². The van der Waals surface area contributed by atoms with Gasteiger partial charge in [0.25, 0.3) is 0 Å². The van der Waals surface area contributed by atoms with Crippen LogP contribution in [-0.2, 0) is 6.54 Å². The van der Waals surface area contributed by atoms with Crippen molar-refractivity contribution in [1.82, 2.24) is 10.6 Å². The van der Waals surface area contributed by atoms with Gasteiger partial charge in [0, 0.05) is 12.6 Å². The average Bonchev–Trinajstić information content (AvgIpc) is 2.36. The van der Waals surface area contributed by atoms with Crippen LogP contribution in [0.4, 0.5) is 4.39 Å². The van der Waals surface area contributed by atoms with E-state index in [0.717, 1.165) is 18.1 Å². The Bertz CT molecular complexity index is 438. The second kappa shape index (κ2) is 9.79. The summed E-state index contributed by atoms with van der Waals surface area (Å²) in [6.07, 6.45) is 0. The Morgan fingerprint density at radius 3 is 2.60 bits per heavy atom. The molecule has 114 valence electrons. The zero-order valence-electron chi connectivity index (χ0n) is 12.4. The minimum absolute atomic E-state index is 0. The number of guanidine groups is 1. The van der Waals surface area contributed by atoms with Gasteiger partial charge in [-0.15, -0.1) is 24.0 Å². The fraction of sp³-hybridized carbons (Fsp3) is 0.500. The van der Waals surface area contributed by atoms with Gasteiger partial charge in [-0.2, -0.15) is 0 Å². The normalized spacial score (nSPS) is 11.0. The van der Waals surface area contributed by atoms with Crippen LogP contribution in [0.2, 0.25) is 0 Å². The van der Waals surface area contributed by atoms with Crippen LogP contribution >= 0.6 is 24.0 Å². The number of rotatable bonds is 5. The minimum atomic E-state index is -0.364. The summed E-state index contributed by atoms with van der Waals surface area (Å²) in [4.78, 5) is 4.41. The molecule has 4 nitrogen and oxygen atoms in total. The number of ether oxygens (including phenoxy) is 1. The van der Waals surface area contributed by atoms with Crippen LogP contribution in [-0.4, -0.2) is 25.7 Å². The first-order valence-electron chi connectivity index (χ1n) is 6.44. The molecule has 0 aliphatic rings. The van der Waals surface area contributed by atoms with Crippen molar-refractivity contribution in [3.05, 3.63) is 29.6 Å². The quantitative estimate of drug-likeness (QED) is 0.458. The molecule has 0 spiro atoms. The van der Waals surface area contributed by atoms with E-state index in [2.05, 4.69) is 15.6 Å². The van der Waals surface area contributed by atoms with Crippen molar-refractivity contribution in [1.29, 1.82) is 0 Å². The van der Waals surface area contributed by atoms with E-state index in [4.69, 9.17) is 4.74 Å². The Morgan fingerprint density at radius 2 is 2.10 bits per heavy atom. The molecule has 2 N–H and O–H groups in total. The number of halogens is 2. The minimum Gasteiger partial charge on any atom is -0.494 e. The van der Waals surface area contributed by atoms with Crippen molar-refractivity contribution in [2.45, 2.75) is 33.4 Å². The molecule has 0 atom stereocenters. The monoisotopic (exact) mass is 395 g/mol. The highest BCUT2D eigenvalue weighted by molar-refractivity contribution is 14.0. The van der Waals surface area contributed by atoms with Crippen molar-refractivity contribution in [2.75, 3.05) is 13.7 Å². The highest BCUT2D eigenvalue weighted by Crippen LogP contribution is 2.17. The fourth-order valence-corrected chi connectivity index (χ4v) is 1.57. The van der Waals surface area contributed by atoms with Gasteiger partial charge in [-0.3, -0.25) is 0 Å². The maximum atomic E-state index is 13.5. The molecular weight excluding hydrogens is 372 g/mol. The molecular formula is C14H23FIN3O. The van der Waals surface area contributed by atoms with E-state index in [1.54, 1.807) is 6.07 Å². The molecule has 0 aliphatic carbocycles. The lowest BCUT2D eigenvalue weighted by molar-refractivity contribution is 0.386. The third-order valence-corrected chi connectivity index (χ3v) is 2.41. The summed E-state index contributed by atoms with van der Waals surface area (Å²) in [6.45, 7) is 7.29. The Hall–Kier alpha value is -1.05. The number of benzene rings is 1. The molecule has 1 aromatic carbocycles. The average molecular weight is 395 g/mol. The van der Waals surface area contributed by atoms with Crippen LogP contribution in [0.25, 0.3) is 0 Å². The lowest BCUT2D eigenvalue weighted by Gasteiger charge is -2.14. The third kappa shape index (κ3) is 6.40. The maximum absolute atomic E-state index is 13.5. The van der Waals surface area contributed by atoms with E-state index in [1.165, 1.54) is 13.2 Å². The molecule has 0 unspecified atom stereocenters. The number of hydrogen-bond donors (Lipinski definition) is 2. The molecule has 0 aromatic heterocycles. The number of nitrogens with zero attached hydrogens (tertiary/aromatic N) is 1. The molecule has 6 heteroatoms. The van der Waals surface area contributed by atoms with Crippen molar-refractivity contribution in [3.8, 4) is 5.75 Å². The summed E-state index contributed by atoms with van der Waals surface area (Å²) >= 11 is 0. The van der Waals surface area contributed by atoms with Crippen molar-refractivity contribution in [2.24, 2.45) is 4.99 Å². The molecule has 0 saturated carbocycles. The Kier molecular flexibility index (Phi) is 9.28. The zero-order chi connectivity index (χ0) is 14.3. The molecule has 0 radical (unpaired) electrons. The van der Waals surface area contributed by atoms with E-state index in [0.29, 0.717) is 12.6 Å². The van der Waals surface area contributed by atoms with E-state index >= 15 is 0 Å². The summed E-state index contributed by atoms with van der Waals surface area (Å²) in [5, 5.41) is 6.35. The molecule has 1 rings (SSSR count). The Labute approximate surface area is 137 Å². The molecule has 0 bridgehead atoms. The van der Waals surface area contributed by atoms with Crippen LogP contribution in [0.1, 0.15) is 26.3 Å². The van der Waals surface area contributed by atoms with E-state index in [9.17, 15) is 4.39 Å². The van der Waals surface area contributed by atoms with Crippen LogP contribution < -0.4 is 15.4 Å². The van der Waals surface area contributed by atoms with Gasteiger partial charge in [-0.25, -0.2) is 9.38 Å². The number of methoxy groups -OCH3 is 1. The fourth-order valence-electron chi connectivity index (χ4n) is 1.57. The summed E-state index contributed by atoms with van der Waals surface area (Å²) < 4.78 is 18.4. The predicted octanol–water partition coefficient (Wildman–Crippen LogP) is 2.92. The van der Waals surface area contributed by atoms with Crippen molar-refractivity contribution < 1.29 is 9.13 Å². The van der Waals surface area contributed by atoms with Gasteiger partial charge >= 0.3 is 0 Å². The van der Waals surface area contributed by atoms with Crippen LogP contribution in [0, 0.1) is 5.82 Å². The third-order valence-electron chi connectivity index (χ3n) is 2.41. The largest absolute Gasteiger partial charge is 0.494 e. The van der Waals surface area contributed by atoms with Gasteiger partial charge in [-0.1, -0.05) is 6.07 Å². The van der Waals surface area contributed by atoms with Crippen LogP contribution in [0.5, 0.6) is 5.75 Å². The van der Waals surface area contributed by atoms with E-state index in [-0.39, 0.29) is 35.5 Å². The molecule has 20 heavy (non-hydrogen) atoms. The topological polar surface area (TPSA) is 45.7 Å². The SMILES string of the molecule is CCNC(=NCc1ccc(OC)c(F)c1)NC(C)C.I. The van der Waals surface area contributed by atoms with Gasteiger partial charge in [0.15, 0.2) is 17.5 Å². The predicted molar refractivity (Wildman–Crippen MR) is 91.5 cm³/mol. The lowest BCUT2D eigenvalue weighted by atomic mass is 10.2. The highest BCUT2D eigenvalue weighted by Gasteiger charge is 2.04. The second-order valence-electron chi connectivity index (χ2n) is 4.46. The smallest absolute Gasteiger partial charge is 0.191 e. The first-order chi connectivity index (χ1) is 9.06. The lowest BCUT2D eigenvalue weighted by Crippen LogP contribution is -2.40. The highest BCUT2D eigenvalue weighted by atomic mass is 127. The van der Waals surface area contributed by atoms with Crippen LogP contribution in [0.15, 0.2) is 23.2 Å². The maximum Gasteiger partial charge on any atom is 0.191 e. The second-order valence-corrected chi connectivity index (χ2v) is 4.46. The Morgan fingerprint density at radius 1 is 1.40 bits per heavy atom. The van der Waals surface area contributed by atoms with E-state index < -0.39 is 0 Å². The molecule has 0 heterocycles. The number of aliphatic imine (C=N–C) groups is 1. The molecule has 0 fully saturated rings. The molecule has 0 aliphatic heterocycles. The molecule has 0 saturated heterocycles. The summed E-state index contributed by atoms with van der Waals surface area (Å²) in [5.41, 5.74) is 0.805. The van der Waals surface area contributed by atoms with Crippen molar-refractivity contribution in [3.63, 3.8) is 0 Å². The van der Waals surface area contributed by atoms with Crippen LogP contribution in [0.3, 0.4) is 0 Å². The molecule has 1 aromatic rings. The van der Waals surface area contributed by atoms with Gasteiger partial charge in [0.2, 0.25) is 0 Å². The zero-order valence-corrected chi connectivity index (χ0v) is 14.7. The van der Waals surface area contributed by atoms with Gasteiger partial charge < -0.3 is 15.4 Å². The summed E-state index contributed by atoms with van der Waals surface area (Å²) in [6, 6.07) is 5.17.